The minimum atomic E-state index is -1.04. The number of likely N-dealkylation sites (tertiary alicyclic amines) is 1. The highest BCUT2D eigenvalue weighted by molar-refractivity contribution is 9.11. The van der Waals surface area contributed by atoms with Crippen LogP contribution in [0, 0.1) is 0 Å². The average Bonchev–Trinajstić information content (AvgIpc) is 3.42. The highest BCUT2D eigenvalue weighted by Crippen LogP contribution is 2.30. The van der Waals surface area contributed by atoms with Crippen LogP contribution in [-0.2, 0) is 9.59 Å². The van der Waals surface area contributed by atoms with Gasteiger partial charge in [0, 0.05) is 65.8 Å². The number of amides is 2. The lowest BCUT2D eigenvalue weighted by molar-refractivity contribution is -0.137. The Morgan fingerprint density at radius 2 is 1.66 bits per heavy atom. The molecule has 1 aromatic heterocycles. The molecule has 12 nitrogen and oxygen atoms in total. The van der Waals surface area contributed by atoms with Gasteiger partial charge in [-0.25, -0.2) is 9.48 Å². The molecular weight excluding hydrogens is 696 g/mol. The normalized spacial score (nSPS) is 17.4. The lowest BCUT2D eigenvalue weighted by Crippen LogP contribution is -2.54. The van der Waals surface area contributed by atoms with Crippen molar-refractivity contribution in [2.45, 2.75) is 31.3 Å². The van der Waals surface area contributed by atoms with Crippen LogP contribution >= 0.6 is 31.9 Å². The lowest BCUT2D eigenvalue weighted by Gasteiger charge is -2.35. The van der Waals surface area contributed by atoms with E-state index in [1.54, 1.807) is 17.0 Å². The summed E-state index contributed by atoms with van der Waals surface area (Å²) in [5.41, 5.74) is 7.35. The fourth-order valence-corrected chi connectivity index (χ4v) is 6.75. The molecule has 2 aliphatic heterocycles. The largest absolute Gasteiger partial charge is 0.397 e. The quantitative estimate of drug-likeness (QED) is 0.225. The van der Waals surface area contributed by atoms with Gasteiger partial charge in [-0.2, -0.15) is 0 Å². The zero-order valence-corrected chi connectivity index (χ0v) is 27.6. The van der Waals surface area contributed by atoms with Crippen molar-refractivity contribution in [1.29, 1.82) is 0 Å². The Hall–Kier alpha value is -3.33. The minimum Gasteiger partial charge on any atom is -0.397 e. The van der Waals surface area contributed by atoms with Crippen molar-refractivity contribution < 1.29 is 14.4 Å². The summed E-state index contributed by atoms with van der Waals surface area (Å²) in [6, 6.07) is 11.4. The topological polar surface area (TPSA) is 150 Å². The number of halogens is 2. The summed E-state index contributed by atoms with van der Waals surface area (Å²) < 4.78 is 2.58. The number of ketones is 1. The minimum absolute atomic E-state index is 0.151. The van der Waals surface area contributed by atoms with Gasteiger partial charge in [-0.1, -0.05) is 30.3 Å². The highest BCUT2D eigenvalue weighted by Gasteiger charge is 2.33. The Morgan fingerprint density at radius 1 is 1.02 bits per heavy atom. The van der Waals surface area contributed by atoms with Crippen LogP contribution in [0.4, 0.5) is 5.69 Å². The molecule has 0 radical (unpaired) electrons. The summed E-state index contributed by atoms with van der Waals surface area (Å²) in [5.74, 6) is -0.420. The third-order valence-electron chi connectivity index (χ3n) is 8.20. The summed E-state index contributed by atoms with van der Waals surface area (Å²) in [6.07, 6.45) is 0.826. The Labute approximate surface area is 272 Å². The van der Waals surface area contributed by atoms with Gasteiger partial charge in [-0.05, 0) is 63.9 Å². The number of Topliss-reactive ketones (excluding diaryl/α,β-unsaturated/α-hetero) is 1. The number of piperidine rings is 1. The van der Waals surface area contributed by atoms with Crippen LogP contribution in [-0.4, -0.2) is 106 Å². The molecule has 0 unspecified atom stereocenters. The molecular formula is C30H36Br2N8O4. The molecule has 2 aromatic carbocycles. The number of nitrogen functional groups attached to an aromatic ring is 1. The van der Waals surface area contributed by atoms with Crippen LogP contribution in [0.5, 0.6) is 0 Å². The van der Waals surface area contributed by atoms with Crippen molar-refractivity contribution in [3.05, 3.63) is 67.5 Å². The first-order valence-corrected chi connectivity index (χ1v) is 16.2. The molecule has 0 saturated carbocycles. The first-order valence-electron chi connectivity index (χ1n) is 14.6. The van der Waals surface area contributed by atoms with E-state index in [4.69, 9.17) is 5.73 Å². The van der Waals surface area contributed by atoms with Gasteiger partial charge in [0.25, 0.3) is 0 Å². The van der Waals surface area contributed by atoms with Gasteiger partial charge in [-0.15, -0.1) is 5.10 Å². The Balaban J connectivity index is 1.27. The number of H-pyrrole nitrogens is 1. The molecule has 2 aliphatic rings. The molecule has 3 aromatic rings. The van der Waals surface area contributed by atoms with E-state index in [1.165, 1.54) is 4.68 Å². The number of anilines is 1. The third-order valence-corrected chi connectivity index (χ3v) is 9.51. The predicted molar refractivity (Wildman–Crippen MR) is 174 cm³/mol. The summed E-state index contributed by atoms with van der Waals surface area (Å²) >= 11 is 6.75. The van der Waals surface area contributed by atoms with Crippen molar-refractivity contribution in [2.24, 2.45) is 0 Å². The molecule has 0 spiro atoms. The van der Waals surface area contributed by atoms with E-state index in [0.29, 0.717) is 52.0 Å². The van der Waals surface area contributed by atoms with E-state index in [0.717, 1.165) is 31.7 Å². The summed E-state index contributed by atoms with van der Waals surface area (Å²) in [6.45, 7) is 4.09. The van der Waals surface area contributed by atoms with E-state index in [1.807, 2.05) is 42.3 Å². The second-order valence-corrected chi connectivity index (χ2v) is 13.0. The molecule has 14 heteroatoms. The number of hydrogen-bond donors (Lipinski definition) is 3. The van der Waals surface area contributed by atoms with Crippen molar-refractivity contribution in [3.63, 3.8) is 0 Å². The molecule has 3 heterocycles. The molecule has 4 N–H and O–H groups in total. The van der Waals surface area contributed by atoms with E-state index >= 15 is 0 Å². The van der Waals surface area contributed by atoms with E-state index in [9.17, 15) is 19.2 Å². The van der Waals surface area contributed by atoms with E-state index < -0.39 is 6.04 Å². The second kappa shape index (κ2) is 14.2. The number of carbonyl (C=O) groups excluding carboxylic acids is 3. The van der Waals surface area contributed by atoms with Crippen molar-refractivity contribution >= 4 is 55.1 Å². The highest BCUT2D eigenvalue weighted by atomic mass is 79.9. The maximum atomic E-state index is 13.8. The molecule has 234 valence electrons. The van der Waals surface area contributed by atoms with Crippen molar-refractivity contribution in [1.82, 2.24) is 34.8 Å². The summed E-state index contributed by atoms with van der Waals surface area (Å²) in [7, 11) is 2.04. The molecule has 0 aliphatic carbocycles. The van der Waals surface area contributed by atoms with Crippen molar-refractivity contribution in [2.75, 3.05) is 58.6 Å². The van der Waals surface area contributed by atoms with Gasteiger partial charge in [0.1, 0.15) is 6.04 Å². The molecule has 1 atom stereocenters. The lowest BCUT2D eigenvalue weighted by atomic mass is 10.00. The number of carbonyl (C=O) groups is 3. The van der Waals surface area contributed by atoms with Crippen LogP contribution in [0.2, 0.25) is 0 Å². The molecule has 2 saturated heterocycles. The first-order chi connectivity index (χ1) is 21.1. The van der Waals surface area contributed by atoms with Gasteiger partial charge < -0.3 is 20.9 Å². The smallest absolute Gasteiger partial charge is 0.343 e. The molecule has 44 heavy (non-hydrogen) atoms. The Kier molecular flexibility index (Phi) is 10.3. The number of rotatable bonds is 9. The SMILES string of the molecule is CN1CCN(CC(=O)N[C@H](CC(=O)c2cc(Br)c(N)c(Br)c2)C(=O)N2CCC(n3nc(-c4ccccc4)[nH]c3=O)CC2)CC1. The monoisotopic (exact) mass is 730 g/mol. The zero-order valence-electron chi connectivity index (χ0n) is 24.5. The van der Waals surface area contributed by atoms with Gasteiger partial charge in [0.2, 0.25) is 11.8 Å². The van der Waals surface area contributed by atoms with Crippen LogP contribution in [0.25, 0.3) is 11.4 Å². The standard InChI is InChI=1S/C30H36Br2N8O4/c1-37-11-13-38(14-12-37)18-26(42)34-24(17-25(41)20-15-22(31)27(33)23(32)16-20)29(43)39-9-7-21(8-10-39)40-30(44)35-28(36-40)19-5-3-2-4-6-19/h2-6,15-16,21,24H,7-14,17-18,33H2,1H3,(H,34,42)(H,35,36,44)/t24-/m1/s1. The molecule has 5 rings (SSSR count). The number of hydrogen-bond acceptors (Lipinski definition) is 8. The number of benzene rings is 2. The third kappa shape index (κ3) is 7.65. The van der Waals surface area contributed by atoms with Gasteiger partial charge in [0.15, 0.2) is 11.6 Å². The molecule has 0 bridgehead atoms. The summed E-state index contributed by atoms with van der Waals surface area (Å²) in [4.78, 5) is 61.8. The van der Waals surface area contributed by atoms with Crippen LogP contribution in [0.15, 0.2) is 56.2 Å². The maximum Gasteiger partial charge on any atom is 0.343 e. The van der Waals surface area contributed by atoms with Crippen LogP contribution < -0.4 is 16.7 Å². The van der Waals surface area contributed by atoms with Crippen LogP contribution in [0.1, 0.15) is 35.7 Å². The Morgan fingerprint density at radius 3 is 2.30 bits per heavy atom. The number of likely N-dealkylation sites (N-methyl/N-ethyl adjacent to an activating group) is 1. The second-order valence-electron chi connectivity index (χ2n) is 11.3. The van der Waals surface area contributed by atoms with Gasteiger partial charge in [-0.3, -0.25) is 24.3 Å². The number of aromatic nitrogens is 3. The average molecular weight is 732 g/mol. The van der Waals surface area contributed by atoms with Crippen molar-refractivity contribution in [3.8, 4) is 11.4 Å². The fraction of sp³-hybridized carbons (Fsp3) is 0.433. The van der Waals surface area contributed by atoms with Gasteiger partial charge in [0.05, 0.1) is 18.3 Å². The first kappa shape index (κ1) is 32.1. The number of piperazine rings is 1. The maximum absolute atomic E-state index is 13.8. The van der Waals surface area contributed by atoms with Gasteiger partial charge >= 0.3 is 5.69 Å². The number of nitrogens with two attached hydrogens (primary N) is 1. The Bertz CT molecular complexity index is 1540. The predicted octanol–water partition coefficient (Wildman–Crippen LogP) is 2.51. The number of nitrogens with zero attached hydrogens (tertiary/aromatic N) is 5. The number of aromatic amines is 1. The molecule has 2 amide bonds. The summed E-state index contributed by atoms with van der Waals surface area (Å²) in [5, 5.41) is 7.38. The fourth-order valence-electron chi connectivity index (χ4n) is 5.56. The van der Waals surface area contributed by atoms with E-state index in [-0.39, 0.29) is 42.3 Å². The van der Waals surface area contributed by atoms with E-state index in [2.05, 4.69) is 52.2 Å². The molecule has 2 fully saturated rings. The zero-order chi connectivity index (χ0) is 31.4. The van der Waals surface area contributed by atoms with Crippen LogP contribution in [0.3, 0.4) is 0 Å². The number of nitrogens with one attached hydrogen (secondary N) is 2.